The highest BCUT2D eigenvalue weighted by Crippen LogP contribution is 2.40. The van der Waals surface area contributed by atoms with Gasteiger partial charge >= 0.3 is 5.97 Å². The van der Waals surface area contributed by atoms with Crippen LogP contribution in [0.2, 0.25) is 0 Å². The molecule has 194 valence electrons. The molecule has 8 nitrogen and oxygen atoms in total. The van der Waals surface area contributed by atoms with Crippen molar-refractivity contribution in [1.82, 2.24) is 4.90 Å². The minimum atomic E-state index is -0.470. The molecule has 0 bridgehead atoms. The van der Waals surface area contributed by atoms with Gasteiger partial charge in [0.15, 0.2) is 11.5 Å². The lowest BCUT2D eigenvalue weighted by Gasteiger charge is -2.19. The third-order valence-electron chi connectivity index (χ3n) is 6.64. The highest BCUT2D eigenvalue weighted by Gasteiger charge is 2.30. The van der Waals surface area contributed by atoms with Gasteiger partial charge in [-0.05, 0) is 61.1 Å². The Labute approximate surface area is 221 Å². The molecule has 0 fully saturated rings. The van der Waals surface area contributed by atoms with E-state index in [1.165, 1.54) is 25.2 Å². The molecule has 3 aromatic rings. The number of benzene rings is 3. The quantitative estimate of drug-likeness (QED) is 0.305. The number of carbonyl (C=O) groups excluding carboxylic acids is 2. The first-order valence-corrected chi connectivity index (χ1v) is 12.5. The second kappa shape index (κ2) is 10.8. The second-order valence-corrected chi connectivity index (χ2v) is 8.91. The molecule has 2 aliphatic rings. The molecule has 2 aliphatic heterocycles. The van der Waals surface area contributed by atoms with Crippen LogP contribution in [0.3, 0.4) is 0 Å². The number of methoxy groups -OCH3 is 1. The average Bonchev–Trinajstić information content (AvgIpc) is 3.29. The maximum Gasteiger partial charge on any atom is 0.337 e. The molecule has 38 heavy (non-hydrogen) atoms. The Kier molecular flexibility index (Phi) is 7.15. The molecule has 2 N–H and O–H groups in total. The van der Waals surface area contributed by atoms with E-state index in [0.29, 0.717) is 39.6 Å². The standard InChI is InChI=1S/C30H29N3O5/c1-4-33(5-2)18-19-6-10-22(11-7-19)31-28(20-9-13-25-26(17-20)38-15-14-37-25)27-23-12-8-21(30(35)36-3)16-24(23)32-29(27)34/h6-17,31H,4-5,18H2,1-3H3,(H,32,34). The molecule has 1 amide bonds. The maximum absolute atomic E-state index is 13.3. The lowest BCUT2D eigenvalue weighted by atomic mass is 9.98. The van der Waals surface area contributed by atoms with Crippen molar-refractivity contribution in [3.05, 3.63) is 95.4 Å². The maximum atomic E-state index is 13.3. The summed E-state index contributed by atoms with van der Waals surface area (Å²) in [6.45, 7) is 7.14. The summed E-state index contributed by atoms with van der Waals surface area (Å²) in [6.07, 6.45) is 2.94. The summed E-state index contributed by atoms with van der Waals surface area (Å²) in [6, 6.07) is 18.7. The van der Waals surface area contributed by atoms with Crippen LogP contribution in [-0.4, -0.2) is 37.0 Å². The van der Waals surface area contributed by atoms with Gasteiger partial charge in [-0.25, -0.2) is 4.79 Å². The third kappa shape index (κ3) is 4.99. The van der Waals surface area contributed by atoms with Crippen LogP contribution >= 0.6 is 0 Å². The molecule has 0 spiro atoms. The van der Waals surface area contributed by atoms with Gasteiger partial charge in [0.1, 0.15) is 12.5 Å². The molecule has 0 atom stereocenters. The first-order valence-electron chi connectivity index (χ1n) is 12.5. The Hall–Kier alpha value is -4.56. The predicted octanol–water partition coefficient (Wildman–Crippen LogP) is 5.49. The largest absolute Gasteiger partial charge is 0.465 e. The Morgan fingerprint density at radius 1 is 0.921 bits per heavy atom. The summed E-state index contributed by atoms with van der Waals surface area (Å²) >= 11 is 0. The lowest BCUT2D eigenvalue weighted by Crippen LogP contribution is -2.22. The molecule has 0 radical (unpaired) electrons. The molecule has 0 aliphatic carbocycles. The number of fused-ring (bicyclic) bond motifs is 2. The van der Waals surface area contributed by atoms with Gasteiger partial charge in [-0.3, -0.25) is 9.69 Å². The normalized spacial score (nSPS) is 14.7. The minimum Gasteiger partial charge on any atom is -0.465 e. The number of anilines is 2. The Balaban J connectivity index is 1.57. The van der Waals surface area contributed by atoms with Crippen molar-refractivity contribution in [1.29, 1.82) is 0 Å². The fourth-order valence-electron chi connectivity index (χ4n) is 4.54. The van der Waals surface area contributed by atoms with Crippen LogP contribution in [0.15, 0.2) is 73.2 Å². The van der Waals surface area contributed by atoms with Crippen molar-refractivity contribution in [3.63, 3.8) is 0 Å². The highest BCUT2D eigenvalue weighted by atomic mass is 16.5. The number of hydrogen-bond acceptors (Lipinski definition) is 7. The van der Waals surface area contributed by atoms with E-state index in [4.69, 9.17) is 14.2 Å². The fourth-order valence-corrected chi connectivity index (χ4v) is 4.54. The number of hydrogen-bond donors (Lipinski definition) is 2. The van der Waals surface area contributed by atoms with Gasteiger partial charge < -0.3 is 24.8 Å². The van der Waals surface area contributed by atoms with E-state index < -0.39 is 5.97 Å². The zero-order valence-electron chi connectivity index (χ0n) is 21.5. The van der Waals surface area contributed by atoms with E-state index in [2.05, 4.69) is 41.5 Å². The van der Waals surface area contributed by atoms with Gasteiger partial charge in [0.05, 0.1) is 29.6 Å². The number of esters is 1. The minimum absolute atomic E-state index is 0.280. The number of nitrogens with zero attached hydrogens (tertiary/aromatic N) is 1. The van der Waals surface area contributed by atoms with Crippen molar-refractivity contribution in [3.8, 4) is 11.5 Å². The zero-order valence-corrected chi connectivity index (χ0v) is 21.5. The van der Waals surface area contributed by atoms with E-state index in [9.17, 15) is 9.59 Å². The van der Waals surface area contributed by atoms with Crippen molar-refractivity contribution >= 4 is 34.5 Å². The summed E-state index contributed by atoms with van der Waals surface area (Å²) in [5.41, 5.74) is 5.42. The summed E-state index contributed by atoms with van der Waals surface area (Å²) in [5.74, 6) is 0.375. The van der Waals surface area contributed by atoms with Gasteiger partial charge in [0.25, 0.3) is 5.91 Å². The fraction of sp³-hybridized carbons (Fsp3) is 0.200. The van der Waals surface area contributed by atoms with Crippen LogP contribution in [0.1, 0.15) is 40.9 Å². The molecule has 0 saturated carbocycles. The van der Waals surface area contributed by atoms with Crippen LogP contribution in [0.4, 0.5) is 11.4 Å². The van der Waals surface area contributed by atoms with Gasteiger partial charge in [0, 0.05) is 23.4 Å². The Morgan fingerprint density at radius 3 is 2.34 bits per heavy atom. The first kappa shape index (κ1) is 25.1. The number of amides is 1. The third-order valence-corrected chi connectivity index (χ3v) is 6.64. The zero-order chi connectivity index (χ0) is 26.6. The van der Waals surface area contributed by atoms with E-state index in [0.717, 1.165) is 30.9 Å². The van der Waals surface area contributed by atoms with Crippen molar-refractivity contribution < 1.29 is 23.8 Å². The van der Waals surface area contributed by atoms with E-state index in [-0.39, 0.29) is 5.91 Å². The van der Waals surface area contributed by atoms with Crippen LogP contribution in [-0.2, 0) is 16.1 Å². The molecule has 0 saturated heterocycles. The van der Waals surface area contributed by atoms with Crippen molar-refractivity contribution in [2.45, 2.75) is 20.4 Å². The molecule has 5 rings (SSSR count). The lowest BCUT2D eigenvalue weighted by molar-refractivity contribution is -0.110. The molecule has 2 heterocycles. The molecular formula is C30H29N3O5. The van der Waals surface area contributed by atoms with E-state index in [1.54, 1.807) is 24.3 Å². The first-order chi connectivity index (χ1) is 18.5. The van der Waals surface area contributed by atoms with E-state index in [1.807, 2.05) is 24.3 Å². The van der Waals surface area contributed by atoms with Crippen LogP contribution < -0.4 is 20.1 Å². The molecule has 0 aromatic heterocycles. The number of carbonyl (C=O) groups is 2. The topological polar surface area (TPSA) is 89.1 Å². The van der Waals surface area contributed by atoms with Gasteiger partial charge in [0.2, 0.25) is 0 Å². The Bertz CT molecular complexity index is 1440. The van der Waals surface area contributed by atoms with Crippen molar-refractivity contribution in [2.75, 3.05) is 30.8 Å². The smallest absolute Gasteiger partial charge is 0.337 e. The number of ether oxygens (including phenoxy) is 3. The summed E-state index contributed by atoms with van der Waals surface area (Å²) in [4.78, 5) is 27.7. The SMILES string of the molecule is CCN(CC)Cc1ccc(NC(=C2C(=O)Nc3cc(C(=O)OC)ccc32)c2ccc3c(c2)OC=CO3)cc1. The molecule has 8 heteroatoms. The van der Waals surface area contributed by atoms with Crippen LogP contribution in [0, 0.1) is 0 Å². The van der Waals surface area contributed by atoms with Crippen LogP contribution in [0.5, 0.6) is 11.5 Å². The second-order valence-electron chi connectivity index (χ2n) is 8.91. The predicted molar refractivity (Wildman–Crippen MR) is 147 cm³/mol. The highest BCUT2D eigenvalue weighted by molar-refractivity contribution is 6.37. The summed E-state index contributed by atoms with van der Waals surface area (Å²) in [7, 11) is 1.33. The monoisotopic (exact) mass is 511 g/mol. The van der Waals surface area contributed by atoms with Gasteiger partial charge in [-0.2, -0.15) is 0 Å². The van der Waals surface area contributed by atoms with E-state index >= 15 is 0 Å². The van der Waals surface area contributed by atoms with Gasteiger partial charge in [-0.1, -0.05) is 32.0 Å². The number of rotatable bonds is 8. The molecular weight excluding hydrogens is 482 g/mol. The number of nitrogens with one attached hydrogen (secondary N) is 2. The van der Waals surface area contributed by atoms with Crippen LogP contribution in [0.25, 0.3) is 11.3 Å². The van der Waals surface area contributed by atoms with Crippen molar-refractivity contribution in [2.24, 2.45) is 0 Å². The molecule has 0 unspecified atom stereocenters. The Morgan fingerprint density at radius 2 is 1.63 bits per heavy atom. The summed E-state index contributed by atoms with van der Waals surface area (Å²) in [5, 5.41) is 6.36. The average molecular weight is 512 g/mol. The van der Waals surface area contributed by atoms with Gasteiger partial charge in [-0.15, -0.1) is 0 Å². The molecule has 3 aromatic carbocycles. The summed E-state index contributed by atoms with van der Waals surface area (Å²) < 4.78 is 16.0.